The lowest BCUT2D eigenvalue weighted by Crippen LogP contribution is -2.25. The maximum absolute atomic E-state index is 12.3. The maximum Gasteiger partial charge on any atom is 0.343 e. The summed E-state index contributed by atoms with van der Waals surface area (Å²) in [5.41, 5.74) is 3.75. The van der Waals surface area contributed by atoms with Gasteiger partial charge in [-0.3, -0.25) is 4.79 Å². The zero-order valence-corrected chi connectivity index (χ0v) is 18.1. The first-order valence-electron chi connectivity index (χ1n) is 9.19. The molecule has 0 fully saturated rings. The van der Waals surface area contributed by atoms with Crippen molar-refractivity contribution in [2.24, 2.45) is 5.10 Å². The fourth-order valence-electron chi connectivity index (χ4n) is 2.61. The molecule has 3 aromatic rings. The molecule has 31 heavy (non-hydrogen) atoms. The number of amides is 1. The van der Waals surface area contributed by atoms with Crippen molar-refractivity contribution in [1.82, 2.24) is 5.43 Å². The molecule has 0 unspecified atom stereocenters. The fraction of sp³-hybridized carbons (Fsp3) is 0.0870. The normalized spacial score (nSPS) is 11.7. The van der Waals surface area contributed by atoms with Crippen LogP contribution in [0.2, 0.25) is 0 Å². The van der Waals surface area contributed by atoms with E-state index in [0.717, 1.165) is 4.47 Å². The molecule has 0 aliphatic carbocycles. The second-order valence-corrected chi connectivity index (χ2v) is 7.27. The lowest BCUT2D eigenvalue weighted by molar-refractivity contribution is -0.129. The van der Waals surface area contributed by atoms with Crippen LogP contribution >= 0.6 is 15.9 Å². The Morgan fingerprint density at radius 2 is 1.74 bits per heavy atom. The SMILES string of the molecule is COc1cc(/C=N\NC(=O)[C@@H](O)c2ccccc2)ccc1OC(=O)c1ccc(Br)cc1. The Kier molecular flexibility index (Phi) is 7.53. The van der Waals surface area contributed by atoms with Gasteiger partial charge in [0.2, 0.25) is 0 Å². The summed E-state index contributed by atoms with van der Waals surface area (Å²) in [6, 6.07) is 20.1. The van der Waals surface area contributed by atoms with Gasteiger partial charge >= 0.3 is 5.97 Å². The number of methoxy groups -OCH3 is 1. The average Bonchev–Trinajstić information content (AvgIpc) is 2.80. The van der Waals surface area contributed by atoms with E-state index in [1.807, 2.05) is 0 Å². The first kappa shape index (κ1) is 22.2. The number of aliphatic hydroxyl groups excluding tert-OH is 1. The number of nitrogens with zero attached hydrogens (tertiary/aromatic N) is 1. The number of benzene rings is 3. The summed E-state index contributed by atoms with van der Waals surface area (Å²) in [5, 5.41) is 13.9. The number of halogens is 1. The maximum atomic E-state index is 12.3. The van der Waals surface area contributed by atoms with Crippen molar-refractivity contribution in [2.45, 2.75) is 6.10 Å². The fourth-order valence-corrected chi connectivity index (χ4v) is 2.88. The summed E-state index contributed by atoms with van der Waals surface area (Å²) in [6.45, 7) is 0. The molecule has 0 heterocycles. The molecule has 7 nitrogen and oxygen atoms in total. The molecule has 0 aliphatic rings. The summed E-state index contributed by atoms with van der Waals surface area (Å²) < 4.78 is 11.6. The molecule has 0 radical (unpaired) electrons. The highest BCUT2D eigenvalue weighted by molar-refractivity contribution is 9.10. The molecule has 0 saturated carbocycles. The van der Waals surface area contributed by atoms with Gasteiger partial charge in [-0.05, 0) is 53.6 Å². The molecule has 0 aromatic heterocycles. The van der Waals surface area contributed by atoms with Gasteiger partial charge in [-0.25, -0.2) is 10.2 Å². The van der Waals surface area contributed by atoms with Crippen LogP contribution in [0.5, 0.6) is 11.5 Å². The average molecular weight is 483 g/mol. The second-order valence-electron chi connectivity index (χ2n) is 6.35. The monoisotopic (exact) mass is 482 g/mol. The van der Waals surface area contributed by atoms with Crippen LogP contribution in [-0.2, 0) is 4.79 Å². The Bertz CT molecular complexity index is 1080. The Morgan fingerprint density at radius 3 is 2.42 bits per heavy atom. The van der Waals surface area contributed by atoms with Gasteiger partial charge in [0.25, 0.3) is 5.91 Å². The summed E-state index contributed by atoms with van der Waals surface area (Å²) in [5.74, 6) is -0.606. The standard InChI is InChI=1S/C23H19BrN2O5/c1-30-20-13-15(14-25-26-22(28)21(27)16-5-3-2-4-6-16)7-12-19(20)31-23(29)17-8-10-18(24)11-9-17/h2-14,21,27H,1H3,(H,26,28)/b25-14-/t21-/m0/s1. The second kappa shape index (κ2) is 10.5. The van der Waals surface area contributed by atoms with Gasteiger partial charge in [0.15, 0.2) is 17.6 Å². The van der Waals surface area contributed by atoms with Crippen molar-refractivity contribution in [3.05, 3.63) is 94.0 Å². The first-order chi connectivity index (χ1) is 15.0. The van der Waals surface area contributed by atoms with E-state index < -0.39 is 18.0 Å². The third-order valence-corrected chi connectivity index (χ3v) is 4.75. The smallest absolute Gasteiger partial charge is 0.343 e. The highest BCUT2D eigenvalue weighted by Crippen LogP contribution is 2.28. The van der Waals surface area contributed by atoms with Gasteiger partial charge in [0.05, 0.1) is 18.9 Å². The Labute approximate surface area is 187 Å². The number of carbonyl (C=O) groups is 2. The predicted octanol–water partition coefficient (Wildman–Crippen LogP) is 3.86. The van der Waals surface area contributed by atoms with Crippen LogP contribution in [0, 0.1) is 0 Å². The number of hydrogen-bond donors (Lipinski definition) is 2. The van der Waals surface area contributed by atoms with Crippen LogP contribution in [0.3, 0.4) is 0 Å². The highest BCUT2D eigenvalue weighted by atomic mass is 79.9. The van der Waals surface area contributed by atoms with Crippen molar-refractivity contribution in [1.29, 1.82) is 0 Å². The third kappa shape index (κ3) is 6.00. The Balaban J connectivity index is 1.64. The van der Waals surface area contributed by atoms with Gasteiger partial charge in [0, 0.05) is 4.47 Å². The minimum absolute atomic E-state index is 0.246. The van der Waals surface area contributed by atoms with E-state index in [0.29, 0.717) is 22.4 Å². The molecule has 1 amide bonds. The highest BCUT2D eigenvalue weighted by Gasteiger charge is 2.16. The van der Waals surface area contributed by atoms with Gasteiger partial charge in [-0.1, -0.05) is 46.3 Å². The number of carbonyl (C=O) groups excluding carboxylic acids is 2. The summed E-state index contributed by atoms with van der Waals surface area (Å²) in [7, 11) is 1.45. The van der Waals surface area contributed by atoms with E-state index in [9.17, 15) is 14.7 Å². The van der Waals surface area contributed by atoms with Crippen LogP contribution in [0.1, 0.15) is 27.6 Å². The summed E-state index contributed by atoms with van der Waals surface area (Å²) in [6.07, 6.45) is 0.0617. The van der Waals surface area contributed by atoms with Crippen LogP contribution in [0.25, 0.3) is 0 Å². The third-order valence-electron chi connectivity index (χ3n) is 4.22. The molecule has 0 bridgehead atoms. The van der Waals surface area contributed by atoms with Crippen molar-refractivity contribution < 1.29 is 24.2 Å². The summed E-state index contributed by atoms with van der Waals surface area (Å²) >= 11 is 3.32. The minimum atomic E-state index is -1.33. The van der Waals surface area contributed by atoms with Crippen LogP contribution in [0.15, 0.2) is 82.4 Å². The zero-order valence-electron chi connectivity index (χ0n) is 16.5. The first-order valence-corrected chi connectivity index (χ1v) is 9.99. The number of hydrazone groups is 1. The number of ether oxygens (including phenoxy) is 2. The van der Waals surface area contributed by atoms with Crippen molar-refractivity contribution in [3.8, 4) is 11.5 Å². The summed E-state index contributed by atoms with van der Waals surface area (Å²) in [4.78, 5) is 24.3. The van der Waals surface area contributed by atoms with E-state index in [4.69, 9.17) is 9.47 Å². The van der Waals surface area contributed by atoms with Gasteiger partial charge in [0.1, 0.15) is 0 Å². The van der Waals surface area contributed by atoms with Crippen molar-refractivity contribution in [2.75, 3.05) is 7.11 Å². The van der Waals surface area contributed by atoms with Crippen molar-refractivity contribution in [3.63, 3.8) is 0 Å². The van der Waals surface area contributed by atoms with E-state index in [1.54, 1.807) is 72.8 Å². The molecular weight excluding hydrogens is 464 g/mol. The minimum Gasteiger partial charge on any atom is -0.493 e. The molecule has 3 rings (SSSR count). The predicted molar refractivity (Wildman–Crippen MR) is 119 cm³/mol. The number of hydrogen-bond acceptors (Lipinski definition) is 6. The van der Waals surface area contributed by atoms with E-state index in [1.165, 1.54) is 13.3 Å². The van der Waals surface area contributed by atoms with E-state index in [2.05, 4.69) is 26.5 Å². The van der Waals surface area contributed by atoms with Crippen molar-refractivity contribution >= 4 is 34.0 Å². The molecule has 3 aromatic carbocycles. The molecule has 158 valence electrons. The van der Waals surface area contributed by atoms with Crippen LogP contribution in [-0.4, -0.2) is 30.3 Å². The Morgan fingerprint density at radius 1 is 1.03 bits per heavy atom. The lowest BCUT2D eigenvalue weighted by Gasteiger charge is -2.10. The largest absolute Gasteiger partial charge is 0.493 e. The van der Waals surface area contributed by atoms with E-state index in [-0.39, 0.29) is 5.75 Å². The number of aliphatic hydroxyl groups is 1. The lowest BCUT2D eigenvalue weighted by atomic mass is 10.1. The number of rotatable bonds is 7. The molecular formula is C23H19BrN2O5. The zero-order chi connectivity index (χ0) is 22.2. The molecule has 0 aliphatic heterocycles. The van der Waals surface area contributed by atoms with E-state index >= 15 is 0 Å². The molecule has 1 atom stereocenters. The molecule has 8 heteroatoms. The number of esters is 1. The molecule has 0 spiro atoms. The quantitative estimate of drug-likeness (QED) is 0.230. The molecule has 2 N–H and O–H groups in total. The number of nitrogens with one attached hydrogen (secondary N) is 1. The van der Waals surface area contributed by atoms with Gasteiger partial charge in [-0.15, -0.1) is 0 Å². The van der Waals surface area contributed by atoms with Crippen LogP contribution in [0.4, 0.5) is 0 Å². The van der Waals surface area contributed by atoms with Gasteiger partial charge < -0.3 is 14.6 Å². The van der Waals surface area contributed by atoms with Crippen LogP contribution < -0.4 is 14.9 Å². The Hall–Kier alpha value is -3.49. The topological polar surface area (TPSA) is 97.2 Å². The molecule has 0 saturated heterocycles. The van der Waals surface area contributed by atoms with Gasteiger partial charge in [-0.2, -0.15) is 5.10 Å².